The molecule has 0 rings (SSSR count). The van der Waals surface area contributed by atoms with Crippen LogP contribution in [0.3, 0.4) is 0 Å². The van der Waals surface area contributed by atoms with Crippen molar-refractivity contribution in [2.75, 3.05) is 20.6 Å². The molecule has 9 heavy (non-hydrogen) atoms. The first-order valence-electron chi connectivity index (χ1n) is 2.78. The number of nitriles is 1. The first-order valence-corrected chi connectivity index (χ1v) is 2.78. The predicted octanol–water partition coefficient (Wildman–Crippen LogP) is 0.133. The molecular weight excluding hydrogens is 116 g/mol. The number of hydrogen-bond donors (Lipinski definition) is 0. The van der Waals surface area contributed by atoms with Gasteiger partial charge >= 0.3 is 6.41 Å². The topological polar surface area (TPSA) is 40.9 Å². The number of amides is 1. The van der Waals surface area contributed by atoms with Crippen molar-refractivity contribution in [2.24, 2.45) is 0 Å². The molecule has 0 spiro atoms. The van der Waals surface area contributed by atoms with E-state index in [1.807, 2.05) is 6.07 Å². The minimum atomic E-state index is 0.271. The summed E-state index contributed by atoms with van der Waals surface area (Å²) < 4.78 is 0.271. The SMILES string of the molecule is C[N+](C)(C=O)CCC#N. The molecule has 0 fully saturated rings. The minimum absolute atomic E-state index is 0.271. The van der Waals surface area contributed by atoms with E-state index in [1.165, 1.54) is 0 Å². The van der Waals surface area contributed by atoms with Crippen molar-refractivity contribution in [2.45, 2.75) is 6.42 Å². The fourth-order valence-electron chi connectivity index (χ4n) is 0.391. The third-order valence-corrected chi connectivity index (χ3v) is 1.09. The van der Waals surface area contributed by atoms with Crippen molar-refractivity contribution in [1.82, 2.24) is 0 Å². The highest BCUT2D eigenvalue weighted by Crippen LogP contribution is 1.91. The summed E-state index contributed by atoms with van der Waals surface area (Å²) in [6.07, 6.45) is 1.27. The van der Waals surface area contributed by atoms with Crippen LogP contribution in [0, 0.1) is 11.3 Å². The number of nitrogens with zero attached hydrogens (tertiary/aromatic N) is 2. The van der Waals surface area contributed by atoms with E-state index in [-0.39, 0.29) is 4.48 Å². The van der Waals surface area contributed by atoms with Gasteiger partial charge in [0.2, 0.25) is 0 Å². The second kappa shape index (κ2) is 3.21. The zero-order valence-corrected chi connectivity index (χ0v) is 5.79. The highest BCUT2D eigenvalue weighted by molar-refractivity contribution is 5.36. The van der Waals surface area contributed by atoms with Gasteiger partial charge in [-0.1, -0.05) is 0 Å². The van der Waals surface area contributed by atoms with Crippen molar-refractivity contribution in [3.63, 3.8) is 0 Å². The van der Waals surface area contributed by atoms with Crippen LogP contribution < -0.4 is 0 Å². The van der Waals surface area contributed by atoms with Crippen LogP contribution >= 0.6 is 0 Å². The number of rotatable bonds is 3. The van der Waals surface area contributed by atoms with Gasteiger partial charge in [0.15, 0.2) is 0 Å². The molecule has 0 aromatic rings. The maximum atomic E-state index is 10.2. The minimum Gasteiger partial charge on any atom is -0.267 e. The molecule has 0 saturated heterocycles. The molecule has 0 saturated carbocycles. The normalized spacial score (nSPS) is 10.3. The summed E-state index contributed by atoms with van der Waals surface area (Å²) in [7, 11) is 3.54. The number of quaternary nitrogens is 1. The molecule has 0 aliphatic rings. The van der Waals surface area contributed by atoms with Crippen LogP contribution in [0.4, 0.5) is 0 Å². The van der Waals surface area contributed by atoms with E-state index >= 15 is 0 Å². The Morgan fingerprint density at radius 3 is 2.56 bits per heavy atom. The highest BCUT2D eigenvalue weighted by Gasteiger charge is 2.11. The molecule has 0 N–H and O–H groups in total. The molecule has 0 radical (unpaired) electrons. The number of hydrogen-bond acceptors (Lipinski definition) is 2. The molecule has 0 bridgehead atoms. The van der Waals surface area contributed by atoms with Crippen LogP contribution in [0.5, 0.6) is 0 Å². The number of carbonyl (C=O) groups is 1. The Labute approximate surface area is 55.1 Å². The van der Waals surface area contributed by atoms with E-state index in [2.05, 4.69) is 0 Å². The van der Waals surface area contributed by atoms with Crippen molar-refractivity contribution in [3.8, 4) is 6.07 Å². The van der Waals surface area contributed by atoms with E-state index in [0.717, 1.165) is 6.41 Å². The molecule has 0 unspecified atom stereocenters. The zero-order chi connectivity index (χ0) is 7.33. The van der Waals surface area contributed by atoms with Gasteiger partial charge in [-0.15, -0.1) is 0 Å². The fraction of sp³-hybridized carbons (Fsp3) is 0.667. The van der Waals surface area contributed by atoms with E-state index in [1.54, 1.807) is 14.1 Å². The quantitative estimate of drug-likeness (QED) is 0.399. The molecule has 0 aliphatic heterocycles. The van der Waals surface area contributed by atoms with Crippen LogP contribution in [0.15, 0.2) is 0 Å². The lowest BCUT2D eigenvalue weighted by Gasteiger charge is -2.18. The first-order chi connectivity index (χ1) is 4.12. The summed E-state index contributed by atoms with van der Waals surface area (Å²) in [5, 5.41) is 8.15. The summed E-state index contributed by atoms with van der Waals surface area (Å²) in [6.45, 7) is 0.597. The summed E-state index contributed by atoms with van der Waals surface area (Å²) in [5.41, 5.74) is 0. The summed E-state index contributed by atoms with van der Waals surface area (Å²) in [4.78, 5) is 10.2. The van der Waals surface area contributed by atoms with E-state index in [0.29, 0.717) is 13.0 Å². The average molecular weight is 127 g/mol. The summed E-state index contributed by atoms with van der Waals surface area (Å²) >= 11 is 0. The van der Waals surface area contributed by atoms with Gasteiger partial charge in [-0.3, -0.25) is 4.48 Å². The smallest absolute Gasteiger partial charge is 0.267 e. The Bertz CT molecular complexity index is 134. The summed E-state index contributed by atoms with van der Waals surface area (Å²) in [5.74, 6) is 0. The van der Waals surface area contributed by atoms with Crippen molar-refractivity contribution in [3.05, 3.63) is 0 Å². The molecule has 0 heterocycles. The Kier molecular flexibility index (Phi) is 2.89. The molecule has 50 valence electrons. The molecular formula is C6H11N2O+. The second-order valence-corrected chi connectivity index (χ2v) is 2.52. The van der Waals surface area contributed by atoms with Crippen molar-refractivity contribution >= 4 is 6.41 Å². The maximum absolute atomic E-state index is 10.2. The molecule has 3 nitrogen and oxygen atoms in total. The lowest BCUT2D eigenvalue weighted by molar-refractivity contribution is -0.803. The zero-order valence-electron chi connectivity index (χ0n) is 5.79. The third-order valence-electron chi connectivity index (χ3n) is 1.09. The van der Waals surface area contributed by atoms with E-state index < -0.39 is 0 Å². The molecule has 1 amide bonds. The standard InChI is InChI=1S/C6H11N2O/c1-8(2,6-9)5-3-4-7/h6H,3,5H2,1-2H3/q+1. The van der Waals surface area contributed by atoms with Gasteiger partial charge in [-0.2, -0.15) is 5.26 Å². The van der Waals surface area contributed by atoms with Crippen LogP contribution in [0.1, 0.15) is 6.42 Å². The Balaban J connectivity index is 3.61. The Morgan fingerprint density at radius 2 is 2.22 bits per heavy atom. The molecule has 0 aromatic heterocycles. The van der Waals surface area contributed by atoms with Gasteiger partial charge in [-0.05, 0) is 0 Å². The largest absolute Gasteiger partial charge is 0.301 e. The van der Waals surface area contributed by atoms with Gasteiger partial charge in [-0.25, -0.2) is 4.79 Å². The fourth-order valence-corrected chi connectivity index (χ4v) is 0.391. The second-order valence-electron chi connectivity index (χ2n) is 2.52. The van der Waals surface area contributed by atoms with Gasteiger partial charge in [0, 0.05) is 0 Å². The molecule has 3 heteroatoms. The monoisotopic (exact) mass is 127 g/mol. The average Bonchev–Trinajstić information content (AvgIpc) is 1.84. The highest BCUT2D eigenvalue weighted by atomic mass is 16.1. The van der Waals surface area contributed by atoms with Crippen LogP contribution in [-0.4, -0.2) is 31.5 Å². The third kappa shape index (κ3) is 3.68. The molecule has 0 aliphatic carbocycles. The lowest BCUT2D eigenvalue weighted by atomic mass is 10.4. The van der Waals surface area contributed by atoms with Crippen molar-refractivity contribution < 1.29 is 9.28 Å². The lowest BCUT2D eigenvalue weighted by Crippen LogP contribution is -2.38. The Hall–Kier alpha value is -0.880. The van der Waals surface area contributed by atoms with Gasteiger partial charge < -0.3 is 0 Å². The summed E-state index contributed by atoms with van der Waals surface area (Å²) in [6, 6.07) is 1.98. The van der Waals surface area contributed by atoms with E-state index in [4.69, 9.17) is 5.26 Å². The van der Waals surface area contributed by atoms with Gasteiger partial charge in [0.05, 0.1) is 33.1 Å². The predicted molar refractivity (Wildman–Crippen MR) is 33.3 cm³/mol. The van der Waals surface area contributed by atoms with Crippen LogP contribution in [-0.2, 0) is 4.79 Å². The van der Waals surface area contributed by atoms with Gasteiger partial charge in [0.25, 0.3) is 0 Å². The Morgan fingerprint density at radius 1 is 1.67 bits per heavy atom. The maximum Gasteiger partial charge on any atom is 0.301 e. The first kappa shape index (κ1) is 8.12. The molecule has 0 atom stereocenters. The van der Waals surface area contributed by atoms with Crippen molar-refractivity contribution in [1.29, 1.82) is 5.26 Å². The molecule has 0 aromatic carbocycles. The number of carbonyl (C=O) groups excluding carboxylic acids is 1. The van der Waals surface area contributed by atoms with Crippen LogP contribution in [0.2, 0.25) is 0 Å². The van der Waals surface area contributed by atoms with E-state index in [9.17, 15) is 4.79 Å². The van der Waals surface area contributed by atoms with Crippen LogP contribution in [0.25, 0.3) is 0 Å². The van der Waals surface area contributed by atoms with Gasteiger partial charge in [0.1, 0.15) is 0 Å².